The van der Waals surface area contributed by atoms with Gasteiger partial charge in [0.2, 0.25) is 0 Å². The average molecular weight is 308 g/mol. The third kappa shape index (κ3) is 4.83. The average Bonchev–Trinajstić information content (AvgIpc) is 2.44. The standard InChI is InChI=1S/C15H20N2O5/c1-6-21-14(20)11-8-9(13(19)22-15(2,3)4)7-10(17-11)12(18)16-5/h7-8H,6H2,1-5H3,(H,16,18). The summed E-state index contributed by atoms with van der Waals surface area (Å²) in [6.07, 6.45) is 0. The zero-order valence-corrected chi connectivity index (χ0v) is 13.4. The maximum absolute atomic E-state index is 12.1. The van der Waals surface area contributed by atoms with Gasteiger partial charge in [-0.2, -0.15) is 0 Å². The summed E-state index contributed by atoms with van der Waals surface area (Å²) in [7, 11) is 1.42. The molecule has 0 radical (unpaired) electrons. The molecule has 0 aromatic carbocycles. The van der Waals surface area contributed by atoms with Crippen molar-refractivity contribution in [2.24, 2.45) is 0 Å². The third-order valence-corrected chi connectivity index (χ3v) is 2.40. The molecule has 0 atom stereocenters. The van der Waals surface area contributed by atoms with Gasteiger partial charge in [0.05, 0.1) is 12.2 Å². The number of hydrogen-bond acceptors (Lipinski definition) is 6. The molecule has 120 valence electrons. The minimum atomic E-state index is -0.710. The van der Waals surface area contributed by atoms with Gasteiger partial charge in [0.1, 0.15) is 17.0 Å². The number of nitrogens with one attached hydrogen (secondary N) is 1. The Morgan fingerprint density at radius 2 is 1.73 bits per heavy atom. The smallest absolute Gasteiger partial charge is 0.356 e. The molecule has 0 aliphatic carbocycles. The topological polar surface area (TPSA) is 94.6 Å². The first-order chi connectivity index (χ1) is 10.2. The Bertz CT molecular complexity index is 590. The summed E-state index contributed by atoms with van der Waals surface area (Å²) in [5.74, 6) is -1.88. The predicted molar refractivity (Wildman–Crippen MR) is 78.8 cm³/mol. The van der Waals surface area contributed by atoms with Crippen LogP contribution in [-0.2, 0) is 9.47 Å². The Morgan fingerprint density at radius 3 is 2.23 bits per heavy atom. The molecule has 0 fully saturated rings. The van der Waals surface area contributed by atoms with E-state index in [-0.39, 0.29) is 23.6 Å². The maximum Gasteiger partial charge on any atom is 0.356 e. The molecule has 0 saturated carbocycles. The highest BCUT2D eigenvalue weighted by atomic mass is 16.6. The highest BCUT2D eigenvalue weighted by Gasteiger charge is 2.22. The molecule has 0 unspecified atom stereocenters. The Labute approximate surface area is 129 Å². The minimum Gasteiger partial charge on any atom is -0.461 e. The Balaban J connectivity index is 3.26. The van der Waals surface area contributed by atoms with Crippen LogP contribution in [0.3, 0.4) is 0 Å². The van der Waals surface area contributed by atoms with E-state index >= 15 is 0 Å². The minimum absolute atomic E-state index is 0.0612. The second kappa shape index (κ2) is 7.02. The molecule has 1 rings (SSSR count). The van der Waals surface area contributed by atoms with Gasteiger partial charge in [-0.25, -0.2) is 14.6 Å². The van der Waals surface area contributed by atoms with E-state index in [0.717, 1.165) is 0 Å². The van der Waals surface area contributed by atoms with E-state index in [1.165, 1.54) is 19.2 Å². The second-order valence-corrected chi connectivity index (χ2v) is 5.43. The summed E-state index contributed by atoms with van der Waals surface area (Å²) in [6.45, 7) is 6.97. The Hall–Kier alpha value is -2.44. The quantitative estimate of drug-likeness (QED) is 0.848. The van der Waals surface area contributed by atoms with Crippen LogP contribution in [0.5, 0.6) is 0 Å². The van der Waals surface area contributed by atoms with Crippen LogP contribution in [0, 0.1) is 0 Å². The Kier molecular flexibility index (Phi) is 5.62. The zero-order valence-electron chi connectivity index (χ0n) is 13.4. The molecule has 1 N–H and O–H groups in total. The van der Waals surface area contributed by atoms with Crippen molar-refractivity contribution in [2.45, 2.75) is 33.3 Å². The zero-order chi connectivity index (χ0) is 16.9. The lowest BCUT2D eigenvalue weighted by molar-refractivity contribution is 0.00693. The first kappa shape index (κ1) is 17.6. The highest BCUT2D eigenvalue weighted by Crippen LogP contribution is 2.14. The fraction of sp³-hybridized carbons (Fsp3) is 0.467. The van der Waals surface area contributed by atoms with E-state index < -0.39 is 23.4 Å². The second-order valence-electron chi connectivity index (χ2n) is 5.43. The summed E-state index contributed by atoms with van der Waals surface area (Å²) >= 11 is 0. The van der Waals surface area contributed by atoms with Crippen LogP contribution in [-0.4, -0.2) is 42.1 Å². The summed E-state index contributed by atoms with van der Waals surface area (Å²) in [4.78, 5) is 39.6. The molecule has 1 aromatic rings. The molecule has 1 amide bonds. The third-order valence-electron chi connectivity index (χ3n) is 2.40. The van der Waals surface area contributed by atoms with Gasteiger partial charge in [0.15, 0.2) is 0 Å². The van der Waals surface area contributed by atoms with Crippen LogP contribution in [0.15, 0.2) is 12.1 Å². The van der Waals surface area contributed by atoms with E-state index in [0.29, 0.717) is 0 Å². The number of nitrogens with zero attached hydrogens (tertiary/aromatic N) is 1. The van der Waals surface area contributed by atoms with Crippen molar-refractivity contribution in [3.8, 4) is 0 Å². The monoisotopic (exact) mass is 308 g/mol. The molecule has 0 spiro atoms. The summed E-state index contributed by atoms with van der Waals surface area (Å²) < 4.78 is 10.1. The van der Waals surface area contributed by atoms with Crippen LogP contribution in [0.4, 0.5) is 0 Å². The van der Waals surface area contributed by atoms with E-state index in [2.05, 4.69) is 10.3 Å². The van der Waals surface area contributed by atoms with Crippen LogP contribution >= 0.6 is 0 Å². The van der Waals surface area contributed by atoms with E-state index in [4.69, 9.17) is 9.47 Å². The highest BCUT2D eigenvalue weighted by molar-refractivity contribution is 5.99. The molecular weight excluding hydrogens is 288 g/mol. The van der Waals surface area contributed by atoms with Gasteiger partial charge in [-0.1, -0.05) is 0 Å². The van der Waals surface area contributed by atoms with Crippen LogP contribution < -0.4 is 5.32 Å². The van der Waals surface area contributed by atoms with Crippen molar-refractivity contribution >= 4 is 17.8 Å². The number of ether oxygens (including phenoxy) is 2. The number of carbonyl (C=O) groups is 3. The van der Waals surface area contributed by atoms with Crippen LogP contribution in [0.25, 0.3) is 0 Å². The fourth-order valence-corrected chi connectivity index (χ4v) is 1.54. The van der Waals surface area contributed by atoms with E-state index in [1.54, 1.807) is 27.7 Å². The molecule has 0 saturated heterocycles. The molecule has 0 aliphatic heterocycles. The predicted octanol–water partition coefficient (Wildman–Crippen LogP) is 1.57. The van der Waals surface area contributed by atoms with Crippen molar-refractivity contribution in [3.05, 3.63) is 29.1 Å². The van der Waals surface area contributed by atoms with Crippen molar-refractivity contribution in [1.82, 2.24) is 10.3 Å². The van der Waals surface area contributed by atoms with Gasteiger partial charge < -0.3 is 14.8 Å². The van der Waals surface area contributed by atoms with Crippen LogP contribution in [0.1, 0.15) is 59.0 Å². The Morgan fingerprint density at radius 1 is 1.14 bits per heavy atom. The number of rotatable bonds is 4. The van der Waals surface area contributed by atoms with Gasteiger partial charge in [0.25, 0.3) is 5.91 Å². The van der Waals surface area contributed by atoms with Gasteiger partial charge in [-0.15, -0.1) is 0 Å². The van der Waals surface area contributed by atoms with Gasteiger partial charge in [-0.05, 0) is 39.8 Å². The number of hydrogen-bond donors (Lipinski definition) is 1. The molecule has 1 heterocycles. The van der Waals surface area contributed by atoms with Crippen molar-refractivity contribution in [1.29, 1.82) is 0 Å². The normalized spacial score (nSPS) is 10.8. The summed E-state index contributed by atoms with van der Waals surface area (Å²) in [5, 5.41) is 2.39. The molecule has 0 aliphatic rings. The number of carbonyl (C=O) groups excluding carboxylic acids is 3. The lowest BCUT2D eigenvalue weighted by Gasteiger charge is -2.19. The number of aromatic nitrogens is 1. The summed E-state index contributed by atoms with van der Waals surface area (Å²) in [5.41, 5.74) is -0.818. The maximum atomic E-state index is 12.1. The van der Waals surface area contributed by atoms with Crippen molar-refractivity contribution in [2.75, 3.05) is 13.7 Å². The summed E-state index contributed by atoms with van der Waals surface area (Å²) in [6, 6.07) is 2.52. The fourth-order valence-electron chi connectivity index (χ4n) is 1.54. The molecule has 1 aromatic heterocycles. The molecule has 7 heteroatoms. The lowest BCUT2D eigenvalue weighted by Crippen LogP contribution is -2.26. The van der Waals surface area contributed by atoms with E-state index in [1.807, 2.05) is 0 Å². The molecular formula is C15H20N2O5. The molecule has 7 nitrogen and oxygen atoms in total. The first-order valence-corrected chi connectivity index (χ1v) is 6.82. The van der Waals surface area contributed by atoms with E-state index in [9.17, 15) is 14.4 Å². The van der Waals surface area contributed by atoms with Crippen LogP contribution in [0.2, 0.25) is 0 Å². The SMILES string of the molecule is CCOC(=O)c1cc(C(=O)OC(C)(C)C)cc(C(=O)NC)n1. The van der Waals surface area contributed by atoms with Gasteiger partial charge in [-0.3, -0.25) is 4.79 Å². The van der Waals surface area contributed by atoms with Crippen molar-refractivity contribution in [3.63, 3.8) is 0 Å². The van der Waals surface area contributed by atoms with Gasteiger partial charge >= 0.3 is 11.9 Å². The first-order valence-electron chi connectivity index (χ1n) is 6.82. The molecule has 22 heavy (non-hydrogen) atoms. The van der Waals surface area contributed by atoms with Crippen molar-refractivity contribution < 1.29 is 23.9 Å². The number of pyridine rings is 1. The number of amides is 1. The van der Waals surface area contributed by atoms with Gasteiger partial charge in [0, 0.05) is 7.05 Å². The molecule has 0 bridgehead atoms. The largest absolute Gasteiger partial charge is 0.461 e. The lowest BCUT2D eigenvalue weighted by atomic mass is 10.1. The number of esters is 2.